The number of benzene rings is 3. The number of nitro groups is 1. The number of nitro benzene ring substituents is 1. The Morgan fingerprint density at radius 2 is 1.78 bits per heavy atom. The van der Waals surface area contributed by atoms with Gasteiger partial charge in [0.25, 0.3) is 5.69 Å². The van der Waals surface area contributed by atoms with Crippen molar-refractivity contribution in [3.63, 3.8) is 0 Å². The van der Waals surface area contributed by atoms with Crippen LogP contribution in [0.2, 0.25) is 0 Å². The highest BCUT2D eigenvalue weighted by molar-refractivity contribution is 5.69. The van der Waals surface area contributed by atoms with E-state index in [1.165, 1.54) is 39.1 Å². The summed E-state index contributed by atoms with van der Waals surface area (Å²) in [4.78, 5) is 15.0. The van der Waals surface area contributed by atoms with Crippen molar-refractivity contribution in [1.82, 2.24) is 0 Å². The highest BCUT2D eigenvalue weighted by Gasteiger charge is 2.15. The number of hydrogen-bond donors (Lipinski definition) is 0. The number of nitrogens with zero attached hydrogens (tertiary/aromatic N) is 2. The zero-order valence-corrected chi connectivity index (χ0v) is 17.8. The van der Waals surface area contributed by atoms with E-state index in [-0.39, 0.29) is 10.6 Å². The van der Waals surface area contributed by atoms with Crippen molar-refractivity contribution in [2.75, 3.05) is 0 Å². The third-order valence-electron chi connectivity index (χ3n) is 6.35. The van der Waals surface area contributed by atoms with Gasteiger partial charge in [-0.3, -0.25) is 15.1 Å². The molecule has 0 atom stereocenters. The summed E-state index contributed by atoms with van der Waals surface area (Å²) in [6.07, 6.45) is 15.4. The first kappa shape index (κ1) is 20.1. The Morgan fingerprint density at radius 3 is 2.69 bits per heavy atom. The van der Waals surface area contributed by atoms with Crippen LogP contribution in [0, 0.1) is 20.6 Å². The van der Waals surface area contributed by atoms with Crippen molar-refractivity contribution in [3.8, 4) is 0 Å². The Balaban J connectivity index is 0.000000165. The van der Waals surface area contributed by atoms with Crippen molar-refractivity contribution in [2.24, 2.45) is 4.99 Å². The molecule has 3 aliphatic rings. The van der Waals surface area contributed by atoms with E-state index in [9.17, 15) is 10.1 Å². The molecule has 158 valence electrons. The van der Waals surface area contributed by atoms with Gasteiger partial charge in [0.05, 0.1) is 10.1 Å². The third kappa shape index (κ3) is 3.80. The van der Waals surface area contributed by atoms with Crippen LogP contribution in [-0.4, -0.2) is 11.1 Å². The largest absolute Gasteiger partial charge is 0.276 e. The Bertz CT molecular complexity index is 1480. The molecule has 0 N–H and O–H groups in total. The van der Waals surface area contributed by atoms with Gasteiger partial charge >= 0.3 is 0 Å². The summed E-state index contributed by atoms with van der Waals surface area (Å²) in [5, 5.41) is 15.5. The highest BCUT2D eigenvalue weighted by atomic mass is 16.6. The SMILES string of the molecule is C1=Cc2ccccc2CC=N1.O=[N+]([O-])c1cccc2c1=CCc1c3c(ccc1=2)=CCCC3. The molecule has 0 saturated heterocycles. The molecule has 0 aromatic heterocycles. The molecular formula is C28H24N2O2. The van der Waals surface area contributed by atoms with Crippen molar-refractivity contribution in [2.45, 2.75) is 32.1 Å². The van der Waals surface area contributed by atoms with Crippen molar-refractivity contribution >= 4 is 30.1 Å². The minimum atomic E-state index is -0.285. The molecule has 4 nitrogen and oxygen atoms in total. The molecule has 0 radical (unpaired) electrons. The molecule has 4 heteroatoms. The molecule has 6 rings (SSSR count). The Hall–Kier alpha value is -3.79. The fourth-order valence-electron chi connectivity index (χ4n) is 4.80. The Kier molecular flexibility index (Phi) is 5.51. The second-order valence-electron chi connectivity index (χ2n) is 8.21. The summed E-state index contributed by atoms with van der Waals surface area (Å²) in [5.74, 6) is 0. The molecule has 2 aliphatic carbocycles. The van der Waals surface area contributed by atoms with Crippen molar-refractivity contribution in [1.29, 1.82) is 0 Å². The van der Waals surface area contributed by atoms with Crippen LogP contribution in [0.1, 0.15) is 35.1 Å². The lowest BCUT2D eigenvalue weighted by Crippen LogP contribution is -2.20. The van der Waals surface area contributed by atoms with Gasteiger partial charge in [0.1, 0.15) is 0 Å². The van der Waals surface area contributed by atoms with Gasteiger partial charge < -0.3 is 0 Å². The van der Waals surface area contributed by atoms with Gasteiger partial charge in [-0.2, -0.15) is 0 Å². The van der Waals surface area contributed by atoms with E-state index in [1.54, 1.807) is 12.1 Å². The lowest BCUT2D eigenvalue weighted by atomic mass is 9.89. The maximum absolute atomic E-state index is 11.2. The standard InChI is InChI=1S/C18H15NO2.C10H9N/c20-19(21)18-7-3-6-14-16-9-8-12-4-1-2-5-13(12)15(16)10-11-17(14)18;1-2-4-10-6-8-11-7-5-9(10)3-1/h3-4,6-9,11H,1-2,5,10H2;1-5,7-8H,6H2. The smallest absolute Gasteiger partial charge is 0.269 e. The molecule has 1 aliphatic heterocycles. The normalized spacial score (nSPS) is 14.8. The van der Waals surface area contributed by atoms with Crippen molar-refractivity contribution < 1.29 is 4.92 Å². The number of rotatable bonds is 1. The summed E-state index contributed by atoms with van der Waals surface area (Å²) < 4.78 is 0. The first-order chi connectivity index (χ1) is 15.7. The van der Waals surface area contributed by atoms with Crippen LogP contribution in [0.5, 0.6) is 0 Å². The summed E-state index contributed by atoms with van der Waals surface area (Å²) in [5.41, 5.74) is 5.64. The minimum Gasteiger partial charge on any atom is -0.269 e. The maximum Gasteiger partial charge on any atom is 0.276 e. The van der Waals surface area contributed by atoms with Gasteiger partial charge in [-0.25, -0.2) is 0 Å². The molecule has 0 unspecified atom stereocenters. The molecule has 1 heterocycles. The van der Waals surface area contributed by atoms with E-state index < -0.39 is 0 Å². The lowest BCUT2D eigenvalue weighted by molar-refractivity contribution is -0.385. The van der Waals surface area contributed by atoms with Crippen LogP contribution < -0.4 is 10.4 Å². The van der Waals surface area contributed by atoms with E-state index in [4.69, 9.17) is 0 Å². The average Bonchev–Trinajstić information content (AvgIpc) is 3.09. The fraction of sp³-hybridized carbons (Fsp3) is 0.179. The minimum absolute atomic E-state index is 0.211. The van der Waals surface area contributed by atoms with Gasteiger partial charge in [-0.15, -0.1) is 0 Å². The molecule has 0 amide bonds. The third-order valence-corrected chi connectivity index (χ3v) is 6.35. The molecule has 0 saturated carbocycles. The average molecular weight is 421 g/mol. The number of fused-ring (bicyclic) bond motifs is 5. The number of aliphatic imine (C=N–C) groups is 1. The fourth-order valence-corrected chi connectivity index (χ4v) is 4.80. The first-order valence-corrected chi connectivity index (χ1v) is 11.1. The molecular weight excluding hydrogens is 396 g/mol. The van der Waals surface area contributed by atoms with Gasteiger partial charge in [-0.1, -0.05) is 60.7 Å². The molecule has 0 fully saturated rings. The van der Waals surface area contributed by atoms with Crippen LogP contribution in [-0.2, 0) is 19.3 Å². The van der Waals surface area contributed by atoms with Gasteiger partial charge in [0, 0.05) is 24.9 Å². The predicted octanol–water partition coefficient (Wildman–Crippen LogP) is 4.62. The Morgan fingerprint density at radius 1 is 0.875 bits per heavy atom. The Labute approximate surface area is 186 Å². The van der Waals surface area contributed by atoms with Crippen LogP contribution >= 0.6 is 0 Å². The van der Waals surface area contributed by atoms with E-state index in [0.29, 0.717) is 0 Å². The zero-order valence-electron chi connectivity index (χ0n) is 17.8. The summed E-state index contributed by atoms with van der Waals surface area (Å²) in [6, 6.07) is 18.0. The van der Waals surface area contributed by atoms with Crippen LogP contribution in [0.4, 0.5) is 5.69 Å². The molecule has 0 spiro atoms. The number of hydrogen-bond acceptors (Lipinski definition) is 3. The lowest BCUT2D eigenvalue weighted by Gasteiger charge is -2.16. The maximum atomic E-state index is 11.2. The topological polar surface area (TPSA) is 55.5 Å². The summed E-state index contributed by atoms with van der Waals surface area (Å²) in [6.45, 7) is 0. The van der Waals surface area contributed by atoms with Crippen molar-refractivity contribution in [3.05, 3.63) is 114 Å². The summed E-state index contributed by atoms with van der Waals surface area (Å²) in [7, 11) is 0. The van der Waals surface area contributed by atoms with Crippen LogP contribution in [0.25, 0.3) is 18.2 Å². The second-order valence-corrected chi connectivity index (χ2v) is 8.21. The molecule has 0 bridgehead atoms. The predicted molar refractivity (Wildman–Crippen MR) is 130 cm³/mol. The van der Waals surface area contributed by atoms with Crippen LogP contribution in [0.15, 0.2) is 65.8 Å². The number of non-ortho nitro benzene ring substituents is 1. The van der Waals surface area contributed by atoms with Gasteiger partial charge in [-0.05, 0) is 69.7 Å². The second kappa shape index (κ2) is 8.75. The van der Waals surface area contributed by atoms with E-state index in [2.05, 4.69) is 47.5 Å². The van der Waals surface area contributed by atoms with E-state index in [1.807, 2.05) is 30.6 Å². The quantitative estimate of drug-likeness (QED) is 0.426. The summed E-state index contributed by atoms with van der Waals surface area (Å²) >= 11 is 0. The van der Waals surface area contributed by atoms with Crippen LogP contribution in [0.3, 0.4) is 0 Å². The molecule has 32 heavy (non-hydrogen) atoms. The monoisotopic (exact) mass is 420 g/mol. The molecule has 3 aromatic rings. The van der Waals surface area contributed by atoms with E-state index in [0.717, 1.165) is 36.1 Å². The van der Waals surface area contributed by atoms with Gasteiger partial charge in [0.2, 0.25) is 0 Å². The highest BCUT2D eigenvalue weighted by Crippen LogP contribution is 2.19. The molecule has 3 aromatic carbocycles. The zero-order chi connectivity index (χ0) is 21.9. The van der Waals surface area contributed by atoms with Gasteiger partial charge in [0.15, 0.2) is 0 Å². The van der Waals surface area contributed by atoms with E-state index >= 15 is 0 Å². The first-order valence-electron chi connectivity index (χ1n) is 11.1.